The normalized spacial score (nSPS) is 10.2. The molecular formula is C18H18ClNO4S. The van der Waals surface area contributed by atoms with Crippen molar-refractivity contribution in [1.29, 1.82) is 0 Å². The van der Waals surface area contributed by atoms with Gasteiger partial charge in [-0.1, -0.05) is 23.7 Å². The molecule has 0 bridgehead atoms. The molecule has 0 spiro atoms. The SMILES string of the molecule is COC(=O)COc1ccc(NC(=O)CSc2ccccc2Cl)c(C)c1. The fourth-order valence-corrected chi connectivity index (χ4v) is 3.00. The van der Waals surface area contributed by atoms with Gasteiger partial charge in [0.05, 0.1) is 17.9 Å². The molecule has 2 rings (SSSR count). The van der Waals surface area contributed by atoms with Gasteiger partial charge in [-0.15, -0.1) is 11.8 Å². The van der Waals surface area contributed by atoms with Crippen molar-refractivity contribution in [2.45, 2.75) is 11.8 Å². The fraction of sp³-hybridized carbons (Fsp3) is 0.222. The van der Waals surface area contributed by atoms with Crippen molar-refractivity contribution in [3.8, 4) is 5.75 Å². The molecule has 2 aromatic carbocycles. The number of benzene rings is 2. The van der Waals surface area contributed by atoms with E-state index in [-0.39, 0.29) is 18.3 Å². The summed E-state index contributed by atoms with van der Waals surface area (Å²) in [4.78, 5) is 24.1. The van der Waals surface area contributed by atoms with E-state index in [4.69, 9.17) is 16.3 Å². The Labute approximate surface area is 155 Å². The minimum atomic E-state index is -0.452. The van der Waals surface area contributed by atoms with Crippen molar-refractivity contribution in [1.82, 2.24) is 0 Å². The molecule has 1 amide bonds. The highest BCUT2D eigenvalue weighted by Crippen LogP contribution is 2.27. The number of carbonyl (C=O) groups excluding carboxylic acids is 2. The van der Waals surface area contributed by atoms with E-state index in [0.717, 1.165) is 10.5 Å². The van der Waals surface area contributed by atoms with Gasteiger partial charge in [0.1, 0.15) is 5.75 Å². The number of methoxy groups -OCH3 is 1. The smallest absolute Gasteiger partial charge is 0.343 e. The number of rotatable bonds is 7. The summed E-state index contributed by atoms with van der Waals surface area (Å²) in [5.41, 5.74) is 1.52. The van der Waals surface area contributed by atoms with Gasteiger partial charge in [0, 0.05) is 10.6 Å². The van der Waals surface area contributed by atoms with Crippen LogP contribution in [0.25, 0.3) is 0 Å². The maximum absolute atomic E-state index is 12.1. The van der Waals surface area contributed by atoms with E-state index in [1.165, 1.54) is 18.9 Å². The topological polar surface area (TPSA) is 64.6 Å². The molecule has 2 aromatic rings. The van der Waals surface area contributed by atoms with E-state index in [0.29, 0.717) is 16.5 Å². The first-order chi connectivity index (χ1) is 12.0. The van der Waals surface area contributed by atoms with E-state index in [1.807, 2.05) is 25.1 Å². The molecule has 0 atom stereocenters. The summed E-state index contributed by atoms with van der Waals surface area (Å²) in [6.45, 7) is 1.69. The summed E-state index contributed by atoms with van der Waals surface area (Å²) < 4.78 is 9.83. The molecule has 0 aliphatic heterocycles. The van der Waals surface area contributed by atoms with Crippen LogP contribution in [-0.4, -0.2) is 31.3 Å². The number of aryl methyl sites for hydroxylation is 1. The van der Waals surface area contributed by atoms with Crippen molar-refractivity contribution in [2.24, 2.45) is 0 Å². The van der Waals surface area contributed by atoms with Crippen molar-refractivity contribution < 1.29 is 19.1 Å². The highest BCUT2D eigenvalue weighted by atomic mass is 35.5. The van der Waals surface area contributed by atoms with E-state index in [9.17, 15) is 9.59 Å². The molecular weight excluding hydrogens is 362 g/mol. The van der Waals surface area contributed by atoms with Crippen LogP contribution in [0.3, 0.4) is 0 Å². The number of carbonyl (C=O) groups is 2. The average Bonchev–Trinajstić information content (AvgIpc) is 2.61. The van der Waals surface area contributed by atoms with Gasteiger partial charge in [-0.25, -0.2) is 4.79 Å². The summed E-state index contributed by atoms with van der Waals surface area (Å²) in [7, 11) is 1.30. The Morgan fingerprint density at radius 3 is 2.64 bits per heavy atom. The van der Waals surface area contributed by atoms with Gasteiger partial charge in [0.15, 0.2) is 6.61 Å². The van der Waals surface area contributed by atoms with Gasteiger partial charge in [0.25, 0.3) is 0 Å². The number of anilines is 1. The summed E-state index contributed by atoms with van der Waals surface area (Å²) in [6, 6.07) is 12.6. The number of esters is 1. The molecule has 0 aromatic heterocycles. The molecule has 132 valence electrons. The van der Waals surface area contributed by atoms with Gasteiger partial charge in [0.2, 0.25) is 5.91 Å². The third kappa shape index (κ3) is 5.99. The third-order valence-corrected chi connectivity index (χ3v) is 4.77. The minimum Gasteiger partial charge on any atom is -0.482 e. The van der Waals surface area contributed by atoms with Crippen LogP contribution in [0.2, 0.25) is 5.02 Å². The minimum absolute atomic E-state index is 0.128. The maximum atomic E-state index is 12.1. The van der Waals surface area contributed by atoms with Crippen molar-refractivity contribution >= 4 is 40.9 Å². The van der Waals surface area contributed by atoms with E-state index >= 15 is 0 Å². The first kappa shape index (κ1) is 19.1. The lowest BCUT2D eigenvalue weighted by Gasteiger charge is -2.11. The van der Waals surface area contributed by atoms with E-state index in [1.54, 1.807) is 24.3 Å². The van der Waals surface area contributed by atoms with Crippen LogP contribution in [0.4, 0.5) is 5.69 Å². The number of hydrogen-bond acceptors (Lipinski definition) is 5. The molecule has 7 heteroatoms. The lowest BCUT2D eigenvalue weighted by atomic mass is 10.2. The molecule has 0 aliphatic rings. The number of hydrogen-bond donors (Lipinski definition) is 1. The predicted molar refractivity (Wildman–Crippen MR) is 99.5 cm³/mol. The molecule has 0 saturated heterocycles. The standard InChI is InChI=1S/C18H18ClNO4S/c1-12-9-13(24-10-18(22)23-2)7-8-15(12)20-17(21)11-25-16-6-4-3-5-14(16)19/h3-9H,10-11H2,1-2H3,(H,20,21). The Morgan fingerprint density at radius 1 is 1.20 bits per heavy atom. The number of thioether (sulfide) groups is 1. The second-order valence-corrected chi connectivity index (χ2v) is 6.53. The molecule has 0 heterocycles. The first-order valence-corrected chi connectivity index (χ1v) is 8.83. The summed E-state index contributed by atoms with van der Waals surface area (Å²) in [5, 5.41) is 3.48. The molecule has 0 radical (unpaired) electrons. The average molecular weight is 380 g/mol. The van der Waals surface area contributed by atoms with Gasteiger partial charge in [-0.3, -0.25) is 4.79 Å². The summed E-state index contributed by atoms with van der Waals surface area (Å²) in [6.07, 6.45) is 0. The van der Waals surface area contributed by atoms with Crippen LogP contribution in [-0.2, 0) is 14.3 Å². The van der Waals surface area contributed by atoms with Crippen LogP contribution in [0.15, 0.2) is 47.4 Å². The highest BCUT2D eigenvalue weighted by Gasteiger charge is 2.09. The van der Waals surface area contributed by atoms with E-state index in [2.05, 4.69) is 10.1 Å². The fourth-order valence-electron chi connectivity index (χ4n) is 1.96. The quantitative estimate of drug-likeness (QED) is 0.583. The zero-order valence-corrected chi connectivity index (χ0v) is 15.4. The maximum Gasteiger partial charge on any atom is 0.343 e. The summed E-state index contributed by atoms with van der Waals surface area (Å²) >= 11 is 7.45. The number of ether oxygens (including phenoxy) is 2. The van der Waals surface area contributed by atoms with Crippen molar-refractivity contribution in [3.05, 3.63) is 53.1 Å². The van der Waals surface area contributed by atoms with Gasteiger partial charge in [-0.2, -0.15) is 0 Å². The van der Waals surface area contributed by atoms with Crippen LogP contribution < -0.4 is 10.1 Å². The molecule has 5 nitrogen and oxygen atoms in total. The van der Waals surface area contributed by atoms with Gasteiger partial charge in [-0.05, 0) is 42.8 Å². The monoisotopic (exact) mass is 379 g/mol. The van der Waals surface area contributed by atoms with Gasteiger partial charge >= 0.3 is 5.97 Å². The Balaban J connectivity index is 1.90. The van der Waals surface area contributed by atoms with E-state index < -0.39 is 5.97 Å². The second kappa shape index (κ2) is 9.34. The predicted octanol–water partition coefficient (Wildman–Crippen LogP) is 3.93. The number of halogens is 1. The van der Waals surface area contributed by atoms with Crippen molar-refractivity contribution in [2.75, 3.05) is 24.8 Å². The van der Waals surface area contributed by atoms with Crippen LogP contribution in [0.1, 0.15) is 5.56 Å². The zero-order chi connectivity index (χ0) is 18.2. The zero-order valence-electron chi connectivity index (χ0n) is 13.9. The largest absolute Gasteiger partial charge is 0.482 e. The van der Waals surface area contributed by atoms with Crippen LogP contribution >= 0.6 is 23.4 Å². The molecule has 1 N–H and O–H groups in total. The second-order valence-electron chi connectivity index (χ2n) is 5.11. The Bertz CT molecular complexity index is 766. The Hall–Kier alpha value is -2.18. The summed E-state index contributed by atoms with van der Waals surface area (Å²) in [5.74, 6) is 0.207. The molecule has 25 heavy (non-hydrogen) atoms. The molecule has 0 saturated carbocycles. The first-order valence-electron chi connectivity index (χ1n) is 7.47. The highest BCUT2D eigenvalue weighted by molar-refractivity contribution is 8.00. The lowest BCUT2D eigenvalue weighted by molar-refractivity contribution is -0.142. The van der Waals surface area contributed by atoms with Gasteiger partial charge < -0.3 is 14.8 Å². The van der Waals surface area contributed by atoms with Crippen LogP contribution in [0, 0.1) is 6.92 Å². The third-order valence-electron chi connectivity index (χ3n) is 3.25. The number of amides is 1. The Kier molecular flexibility index (Phi) is 7.16. The van der Waals surface area contributed by atoms with Crippen molar-refractivity contribution in [3.63, 3.8) is 0 Å². The molecule has 0 unspecified atom stereocenters. The molecule has 0 fully saturated rings. The number of nitrogens with one attached hydrogen (secondary N) is 1. The lowest BCUT2D eigenvalue weighted by Crippen LogP contribution is -2.15. The van der Waals surface area contributed by atoms with Crippen LogP contribution in [0.5, 0.6) is 5.75 Å². The molecule has 0 aliphatic carbocycles. The Morgan fingerprint density at radius 2 is 1.96 bits per heavy atom.